The maximum atomic E-state index is 14.1. The SMILES string of the molecule is Cc1cc([C@@H](C)Nc2cccnc2C(=O)O)c2nc(N3CC4CC3CC4(F)F)c(C#N)nc2c1. The van der Waals surface area contributed by atoms with Crippen LogP contribution in [0, 0.1) is 24.2 Å². The summed E-state index contributed by atoms with van der Waals surface area (Å²) >= 11 is 0. The van der Waals surface area contributed by atoms with Crippen LogP contribution in [0.15, 0.2) is 30.5 Å². The van der Waals surface area contributed by atoms with E-state index < -0.39 is 17.8 Å². The Morgan fingerprint density at radius 1 is 1.38 bits per heavy atom. The summed E-state index contributed by atoms with van der Waals surface area (Å²) in [5, 5.41) is 22.4. The zero-order valence-corrected chi connectivity index (χ0v) is 18.6. The first-order valence-corrected chi connectivity index (χ1v) is 11.0. The largest absolute Gasteiger partial charge is 0.476 e. The van der Waals surface area contributed by atoms with E-state index >= 15 is 0 Å². The second kappa shape index (κ2) is 7.87. The van der Waals surface area contributed by atoms with Gasteiger partial charge in [0, 0.05) is 36.7 Å². The Balaban J connectivity index is 1.58. The fraction of sp³-hybridized carbons (Fsp3) is 0.375. The molecule has 2 N–H and O–H groups in total. The van der Waals surface area contributed by atoms with Crippen molar-refractivity contribution in [1.82, 2.24) is 15.0 Å². The number of piperidine rings is 1. The van der Waals surface area contributed by atoms with E-state index in [1.54, 1.807) is 17.0 Å². The molecular weight excluding hydrogens is 442 g/mol. The molecule has 1 saturated carbocycles. The number of aryl methyl sites for hydroxylation is 1. The molecule has 1 aromatic carbocycles. The Morgan fingerprint density at radius 3 is 2.82 bits per heavy atom. The lowest BCUT2D eigenvalue weighted by atomic mass is 10.0. The van der Waals surface area contributed by atoms with E-state index in [0.29, 0.717) is 29.0 Å². The van der Waals surface area contributed by atoms with Crippen LogP contribution < -0.4 is 10.2 Å². The van der Waals surface area contributed by atoms with Gasteiger partial charge in [-0.1, -0.05) is 6.07 Å². The number of nitrogens with one attached hydrogen (secondary N) is 1. The van der Waals surface area contributed by atoms with Gasteiger partial charge in [0.05, 0.1) is 22.8 Å². The van der Waals surface area contributed by atoms with Crippen LogP contribution in [-0.4, -0.2) is 44.5 Å². The van der Waals surface area contributed by atoms with Crippen LogP contribution in [0.5, 0.6) is 0 Å². The maximum Gasteiger partial charge on any atom is 0.356 e. The molecule has 2 unspecified atom stereocenters. The van der Waals surface area contributed by atoms with Crippen LogP contribution in [0.4, 0.5) is 20.3 Å². The summed E-state index contributed by atoms with van der Waals surface area (Å²) in [5.41, 5.74) is 3.07. The van der Waals surface area contributed by atoms with Crippen molar-refractivity contribution >= 4 is 28.5 Å². The fourth-order valence-electron chi connectivity index (χ4n) is 5.09. The molecule has 2 bridgehead atoms. The number of rotatable bonds is 5. The van der Waals surface area contributed by atoms with Crippen LogP contribution in [-0.2, 0) is 0 Å². The summed E-state index contributed by atoms with van der Waals surface area (Å²) in [6.45, 7) is 3.90. The van der Waals surface area contributed by atoms with Gasteiger partial charge in [0.1, 0.15) is 6.07 Å². The van der Waals surface area contributed by atoms with Crippen molar-refractivity contribution in [3.63, 3.8) is 0 Å². The molecule has 8 nitrogen and oxygen atoms in total. The van der Waals surface area contributed by atoms with Gasteiger partial charge in [-0.2, -0.15) is 5.26 Å². The number of benzene rings is 1. The second-order valence-corrected chi connectivity index (χ2v) is 9.00. The summed E-state index contributed by atoms with van der Waals surface area (Å²) in [7, 11) is 0. The standard InChI is InChI=1S/C24H22F2N6O2/c1-12-6-16(13(2)29-17-4-3-5-28-21(17)23(33)34)20-18(7-12)30-19(10-27)22(31-20)32-11-14-8-15(32)9-24(14,25)26/h3-7,13-15,29H,8-9,11H2,1-2H3,(H,33,34)/t13-,14?,15?/m1/s1. The van der Waals surface area contributed by atoms with Gasteiger partial charge in [-0.3, -0.25) is 0 Å². The van der Waals surface area contributed by atoms with Crippen LogP contribution in [0.2, 0.25) is 0 Å². The van der Waals surface area contributed by atoms with Gasteiger partial charge in [-0.05, 0) is 44.0 Å². The first-order valence-electron chi connectivity index (χ1n) is 11.0. The Hall–Kier alpha value is -3.87. The molecule has 2 aliphatic rings. The van der Waals surface area contributed by atoms with Gasteiger partial charge in [0.25, 0.3) is 5.92 Å². The van der Waals surface area contributed by atoms with Crippen LogP contribution in [0.25, 0.3) is 11.0 Å². The van der Waals surface area contributed by atoms with Crippen molar-refractivity contribution in [3.05, 3.63) is 53.0 Å². The predicted octanol–water partition coefficient (Wildman–Crippen LogP) is 4.31. The molecule has 3 aromatic rings. The van der Waals surface area contributed by atoms with E-state index in [4.69, 9.17) is 4.98 Å². The molecule has 1 saturated heterocycles. The monoisotopic (exact) mass is 464 g/mol. The highest BCUT2D eigenvalue weighted by molar-refractivity contribution is 5.92. The summed E-state index contributed by atoms with van der Waals surface area (Å²) in [6, 6.07) is 8.35. The van der Waals surface area contributed by atoms with Crippen molar-refractivity contribution in [2.24, 2.45) is 5.92 Å². The van der Waals surface area contributed by atoms with E-state index in [9.17, 15) is 23.9 Å². The number of halogens is 2. The molecule has 0 amide bonds. The predicted molar refractivity (Wildman–Crippen MR) is 121 cm³/mol. The highest BCUT2D eigenvalue weighted by Crippen LogP contribution is 2.49. The Morgan fingerprint density at radius 2 is 2.18 bits per heavy atom. The number of anilines is 2. The third-order valence-corrected chi connectivity index (χ3v) is 6.67. The Labute approximate surface area is 194 Å². The highest BCUT2D eigenvalue weighted by Gasteiger charge is 2.56. The molecule has 3 atom stereocenters. The number of fused-ring (bicyclic) bond motifs is 3. The zero-order chi connectivity index (χ0) is 24.2. The van der Waals surface area contributed by atoms with Crippen molar-refractivity contribution in [2.75, 3.05) is 16.8 Å². The zero-order valence-electron chi connectivity index (χ0n) is 18.6. The number of aromatic carboxylic acids is 1. The summed E-state index contributed by atoms with van der Waals surface area (Å²) in [4.78, 5) is 26.6. The maximum absolute atomic E-state index is 14.1. The third kappa shape index (κ3) is 3.57. The molecule has 1 aliphatic carbocycles. The number of carboxylic acid groups (broad SMARTS) is 1. The highest BCUT2D eigenvalue weighted by atomic mass is 19.3. The minimum absolute atomic E-state index is 0.0983. The summed E-state index contributed by atoms with van der Waals surface area (Å²) < 4.78 is 28.2. The second-order valence-electron chi connectivity index (χ2n) is 9.00. The molecule has 1 aliphatic heterocycles. The number of pyridine rings is 1. The van der Waals surface area contributed by atoms with E-state index in [-0.39, 0.29) is 36.4 Å². The lowest BCUT2D eigenvalue weighted by molar-refractivity contribution is -0.0411. The molecule has 2 fully saturated rings. The van der Waals surface area contributed by atoms with Crippen molar-refractivity contribution in [2.45, 2.75) is 44.7 Å². The van der Waals surface area contributed by atoms with Gasteiger partial charge in [-0.25, -0.2) is 28.5 Å². The molecule has 5 rings (SSSR count). The molecule has 0 radical (unpaired) electrons. The van der Waals surface area contributed by atoms with Gasteiger partial charge in [-0.15, -0.1) is 0 Å². The Bertz CT molecular complexity index is 1360. The number of nitrogens with zero attached hydrogens (tertiary/aromatic N) is 5. The first-order chi connectivity index (χ1) is 16.2. The lowest BCUT2D eigenvalue weighted by Crippen LogP contribution is -2.41. The van der Waals surface area contributed by atoms with Crippen LogP contribution >= 0.6 is 0 Å². The van der Waals surface area contributed by atoms with E-state index in [0.717, 1.165) is 11.1 Å². The average molecular weight is 464 g/mol. The quantitative estimate of drug-likeness (QED) is 0.574. The molecule has 3 heterocycles. The number of carbonyl (C=O) groups is 1. The van der Waals surface area contributed by atoms with Crippen molar-refractivity contribution in [3.8, 4) is 6.07 Å². The number of hydrogen-bond acceptors (Lipinski definition) is 7. The first kappa shape index (κ1) is 21.9. The normalized spacial score (nSPS) is 21.4. The smallest absolute Gasteiger partial charge is 0.356 e. The molecular formula is C24H22F2N6O2. The topological polar surface area (TPSA) is 115 Å². The van der Waals surface area contributed by atoms with Crippen LogP contribution in [0.3, 0.4) is 0 Å². The Kier molecular flexibility index (Phi) is 5.08. The van der Waals surface area contributed by atoms with Gasteiger partial charge < -0.3 is 15.3 Å². The third-order valence-electron chi connectivity index (χ3n) is 6.67. The van der Waals surface area contributed by atoms with Crippen LogP contribution in [0.1, 0.15) is 53.1 Å². The summed E-state index contributed by atoms with van der Waals surface area (Å²) in [5.74, 6) is -4.27. The molecule has 174 valence electrons. The molecule has 0 spiro atoms. The van der Waals surface area contributed by atoms with E-state index in [2.05, 4.69) is 21.4 Å². The molecule has 10 heteroatoms. The van der Waals surface area contributed by atoms with Gasteiger partial charge >= 0.3 is 5.97 Å². The fourth-order valence-corrected chi connectivity index (χ4v) is 5.09. The van der Waals surface area contributed by atoms with E-state index in [1.807, 2.05) is 26.0 Å². The number of alkyl halides is 2. The van der Waals surface area contributed by atoms with E-state index in [1.165, 1.54) is 6.20 Å². The minimum atomic E-state index is -2.69. The number of aromatic nitrogens is 3. The van der Waals surface area contributed by atoms with Gasteiger partial charge in [0.15, 0.2) is 17.2 Å². The van der Waals surface area contributed by atoms with Crippen molar-refractivity contribution in [1.29, 1.82) is 5.26 Å². The minimum Gasteiger partial charge on any atom is -0.476 e. The number of carboxylic acids is 1. The number of hydrogen-bond donors (Lipinski definition) is 2. The molecule has 2 aromatic heterocycles. The number of nitriles is 1. The lowest BCUT2D eigenvalue weighted by Gasteiger charge is -2.32. The average Bonchev–Trinajstić information content (AvgIpc) is 3.34. The van der Waals surface area contributed by atoms with Crippen molar-refractivity contribution < 1.29 is 18.7 Å². The summed E-state index contributed by atoms with van der Waals surface area (Å²) in [6.07, 6.45) is 1.53. The molecule has 34 heavy (non-hydrogen) atoms. The van der Waals surface area contributed by atoms with Gasteiger partial charge in [0.2, 0.25) is 0 Å².